The highest BCUT2D eigenvalue weighted by Crippen LogP contribution is 2.44. The van der Waals surface area contributed by atoms with Crippen molar-refractivity contribution in [3.63, 3.8) is 0 Å². The highest BCUT2D eigenvalue weighted by atomic mass is 32.1. The Bertz CT molecular complexity index is 1180. The van der Waals surface area contributed by atoms with Gasteiger partial charge in [-0.3, -0.25) is 19.8 Å². The Hall–Kier alpha value is -2.99. The standard InChI is InChI=1S/C27H31N3O2S/c1-16(2)30-23-12-11-19(13-20(23)18(4)15-27(30,5)6)14-21-24(31)28-26(33)29(25(21)32)22-10-8-7-9-17(22)3/h7-14,16,18H,15H2,1-6H3,(H,28,31,33)/b21-14+/t18-/m1/s1. The van der Waals surface area contributed by atoms with Crippen LogP contribution in [0.1, 0.15) is 63.6 Å². The van der Waals surface area contributed by atoms with E-state index < -0.39 is 11.8 Å². The third-order valence-corrected chi connectivity index (χ3v) is 6.87. The highest BCUT2D eigenvalue weighted by Gasteiger charge is 2.38. The summed E-state index contributed by atoms with van der Waals surface area (Å²) in [6.07, 6.45) is 2.71. The van der Waals surface area contributed by atoms with Gasteiger partial charge in [-0.15, -0.1) is 0 Å². The van der Waals surface area contributed by atoms with Crippen molar-refractivity contribution < 1.29 is 9.59 Å². The van der Waals surface area contributed by atoms with Gasteiger partial charge in [0.2, 0.25) is 0 Å². The first-order valence-corrected chi connectivity index (χ1v) is 11.8. The van der Waals surface area contributed by atoms with Crippen molar-refractivity contribution in [1.82, 2.24) is 5.32 Å². The van der Waals surface area contributed by atoms with Gasteiger partial charge in [0.15, 0.2) is 5.11 Å². The Morgan fingerprint density at radius 3 is 2.48 bits per heavy atom. The molecule has 2 aliphatic rings. The lowest BCUT2D eigenvalue weighted by molar-refractivity contribution is -0.122. The molecule has 5 nitrogen and oxygen atoms in total. The lowest BCUT2D eigenvalue weighted by Gasteiger charge is -2.50. The minimum atomic E-state index is -0.467. The summed E-state index contributed by atoms with van der Waals surface area (Å²) in [5.41, 5.74) is 5.01. The van der Waals surface area contributed by atoms with Crippen molar-refractivity contribution >= 4 is 46.6 Å². The molecule has 1 fully saturated rings. The molecule has 1 saturated heterocycles. The summed E-state index contributed by atoms with van der Waals surface area (Å²) in [6.45, 7) is 13.2. The van der Waals surface area contributed by atoms with Crippen LogP contribution in [0.15, 0.2) is 48.0 Å². The quantitative estimate of drug-likeness (QED) is 0.382. The normalized spacial score (nSPS) is 21.5. The van der Waals surface area contributed by atoms with Crippen LogP contribution in [-0.4, -0.2) is 28.5 Å². The van der Waals surface area contributed by atoms with Gasteiger partial charge in [-0.05, 0) is 100 Å². The van der Waals surface area contributed by atoms with Crippen molar-refractivity contribution in [1.29, 1.82) is 0 Å². The molecular formula is C27H31N3O2S. The number of nitrogens with one attached hydrogen (secondary N) is 1. The van der Waals surface area contributed by atoms with Gasteiger partial charge in [-0.2, -0.15) is 0 Å². The molecule has 0 radical (unpaired) electrons. The van der Waals surface area contributed by atoms with Gasteiger partial charge >= 0.3 is 0 Å². The van der Waals surface area contributed by atoms with Crippen LogP contribution in [0.25, 0.3) is 6.08 Å². The molecule has 2 heterocycles. The molecule has 2 aromatic rings. The van der Waals surface area contributed by atoms with E-state index >= 15 is 0 Å². The molecule has 0 aliphatic carbocycles. The summed E-state index contributed by atoms with van der Waals surface area (Å²) in [5, 5.41) is 2.78. The number of rotatable bonds is 3. The Balaban J connectivity index is 1.75. The summed E-state index contributed by atoms with van der Waals surface area (Å²) in [4.78, 5) is 30.0. The number of carbonyl (C=O) groups excluding carboxylic acids is 2. The molecule has 2 aliphatic heterocycles. The van der Waals surface area contributed by atoms with E-state index in [1.54, 1.807) is 6.08 Å². The number of hydrogen-bond acceptors (Lipinski definition) is 4. The van der Waals surface area contributed by atoms with E-state index in [9.17, 15) is 9.59 Å². The molecule has 6 heteroatoms. The van der Waals surface area contributed by atoms with E-state index in [1.807, 2.05) is 37.3 Å². The maximum atomic E-state index is 13.4. The third-order valence-electron chi connectivity index (χ3n) is 6.59. The van der Waals surface area contributed by atoms with Gasteiger partial charge in [0.25, 0.3) is 11.8 Å². The van der Waals surface area contributed by atoms with Crippen molar-refractivity contribution in [2.24, 2.45) is 0 Å². The van der Waals surface area contributed by atoms with Gasteiger partial charge in [-0.1, -0.05) is 31.2 Å². The molecule has 1 atom stereocenters. The molecule has 4 rings (SSSR count). The average Bonchev–Trinajstić information content (AvgIpc) is 2.71. The van der Waals surface area contributed by atoms with Gasteiger partial charge in [0, 0.05) is 17.3 Å². The number of aryl methyl sites for hydroxylation is 1. The number of amides is 2. The number of para-hydroxylation sites is 1. The van der Waals surface area contributed by atoms with Crippen LogP contribution in [0, 0.1) is 6.92 Å². The maximum Gasteiger partial charge on any atom is 0.270 e. The van der Waals surface area contributed by atoms with Crippen molar-refractivity contribution in [2.75, 3.05) is 9.80 Å². The molecule has 0 saturated carbocycles. The lowest BCUT2D eigenvalue weighted by Crippen LogP contribution is -2.54. The second-order valence-corrected chi connectivity index (χ2v) is 10.3. The number of hydrogen-bond donors (Lipinski definition) is 1. The predicted octanol–water partition coefficient (Wildman–Crippen LogP) is 5.33. The Morgan fingerprint density at radius 1 is 1.12 bits per heavy atom. The fourth-order valence-electron chi connectivity index (χ4n) is 5.39. The molecule has 0 unspecified atom stereocenters. The van der Waals surface area contributed by atoms with Crippen LogP contribution < -0.4 is 15.1 Å². The minimum absolute atomic E-state index is 0.0591. The summed E-state index contributed by atoms with van der Waals surface area (Å²) < 4.78 is 0. The minimum Gasteiger partial charge on any atom is -0.364 e. The first-order valence-electron chi connectivity index (χ1n) is 11.4. The molecule has 0 aromatic heterocycles. The van der Waals surface area contributed by atoms with E-state index in [1.165, 1.54) is 16.2 Å². The summed E-state index contributed by atoms with van der Waals surface area (Å²) in [5.74, 6) is -0.505. The van der Waals surface area contributed by atoms with E-state index in [0.717, 1.165) is 17.5 Å². The fraction of sp³-hybridized carbons (Fsp3) is 0.370. The molecule has 2 amide bonds. The zero-order valence-electron chi connectivity index (χ0n) is 20.1. The van der Waals surface area contributed by atoms with Crippen LogP contribution >= 0.6 is 12.2 Å². The number of nitrogens with zero attached hydrogens (tertiary/aromatic N) is 2. The molecule has 0 spiro atoms. The van der Waals surface area contributed by atoms with Crippen LogP contribution in [0.2, 0.25) is 0 Å². The fourth-order valence-corrected chi connectivity index (χ4v) is 5.67. The van der Waals surface area contributed by atoms with Crippen LogP contribution in [0.4, 0.5) is 11.4 Å². The summed E-state index contributed by atoms with van der Waals surface area (Å²) in [7, 11) is 0. The van der Waals surface area contributed by atoms with Crippen LogP contribution in [0.5, 0.6) is 0 Å². The van der Waals surface area contributed by atoms with Gasteiger partial charge in [0.05, 0.1) is 5.69 Å². The van der Waals surface area contributed by atoms with Gasteiger partial charge in [-0.25, -0.2) is 0 Å². The smallest absolute Gasteiger partial charge is 0.270 e. The molecule has 1 N–H and O–H groups in total. The number of benzene rings is 2. The summed E-state index contributed by atoms with van der Waals surface area (Å²) >= 11 is 5.34. The zero-order valence-corrected chi connectivity index (χ0v) is 20.9. The maximum absolute atomic E-state index is 13.4. The molecule has 2 aromatic carbocycles. The van der Waals surface area contributed by atoms with Gasteiger partial charge in [0.1, 0.15) is 5.57 Å². The second kappa shape index (κ2) is 8.41. The molecular weight excluding hydrogens is 430 g/mol. The number of carbonyl (C=O) groups is 2. The van der Waals surface area contributed by atoms with E-state index in [4.69, 9.17) is 12.2 Å². The number of thiocarbonyl (C=S) groups is 1. The predicted molar refractivity (Wildman–Crippen MR) is 139 cm³/mol. The molecule has 172 valence electrons. The summed E-state index contributed by atoms with van der Waals surface area (Å²) in [6, 6.07) is 14.1. The molecule has 0 bridgehead atoms. The van der Waals surface area contributed by atoms with Crippen molar-refractivity contribution in [2.45, 2.75) is 65.5 Å². The Morgan fingerprint density at radius 2 is 1.82 bits per heavy atom. The topological polar surface area (TPSA) is 52.7 Å². The van der Waals surface area contributed by atoms with Gasteiger partial charge < -0.3 is 4.90 Å². The van der Waals surface area contributed by atoms with Crippen molar-refractivity contribution in [3.05, 3.63) is 64.7 Å². The van der Waals surface area contributed by atoms with E-state index in [0.29, 0.717) is 17.6 Å². The van der Waals surface area contributed by atoms with Crippen molar-refractivity contribution in [3.8, 4) is 0 Å². The number of fused-ring (bicyclic) bond motifs is 1. The Kier molecular flexibility index (Phi) is 5.91. The van der Waals surface area contributed by atoms with Crippen LogP contribution in [0.3, 0.4) is 0 Å². The Labute approximate surface area is 201 Å². The molecule has 33 heavy (non-hydrogen) atoms. The first kappa shape index (κ1) is 23.2. The van der Waals surface area contributed by atoms with E-state index in [2.05, 4.69) is 57.0 Å². The third kappa shape index (κ3) is 4.08. The average molecular weight is 462 g/mol. The monoisotopic (exact) mass is 461 g/mol. The highest BCUT2D eigenvalue weighted by molar-refractivity contribution is 7.80. The van der Waals surface area contributed by atoms with Crippen LogP contribution in [-0.2, 0) is 9.59 Å². The van der Waals surface area contributed by atoms with E-state index in [-0.39, 0.29) is 16.2 Å². The lowest BCUT2D eigenvalue weighted by atomic mass is 9.78. The number of anilines is 2. The zero-order chi connectivity index (χ0) is 24.1. The SMILES string of the molecule is Cc1ccccc1N1C(=O)/C(=C/c2ccc3c(c2)[C@H](C)CC(C)(C)N3C(C)C)C(=O)NC1=S. The first-order chi connectivity index (χ1) is 15.5. The largest absolute Gasteiger partial charge is 0.364 e. The second-order valence-electron chi connectivity index (χ2n) is 9.94.